The summed E-state index contributed by atoms with van der Waals surface area (Å²) in [6.07, 6.45) is 3.03. The van der Waals surface area contributed by atoms with Crippen molar-refractivity contribution >= 4 is 34.1 Å². The molecule has 2 unspecified atom stereocenters. The number of alkyl halides is 1. The van der Waals surface area contributed by atoms with Crippen molar-refractivity contribution in [2.45, 2.75) is 6.42 Å². The van der Waals surface area contributed by atoms with Crippen molar-refractivity contribution < 1.29 is 9.18 Å². The Hall–Kier alpha value is -1.92. The summed E-state index contributed by atoms with van der Waals surface area (Å²) < 4.78 is 11.7. The summed E-state index contributed by atoms with van der Waals surface area (Å²) in [6, 6.07) is 5.07. The monoisotopic (exact) mass is 364 g/mol. The third-order valence-electron chi connectivity index (χ3n) is 4.81. The molecule has 1 saturated heterocycles. The molecule has 2 aliphatic rings. The number of hydrogen-bond acceptors (Lipinski definition) is 4. The molecule has 0 spiro atoms. The normalized spacial score (nSPS) is 21.4. The van der Waals surface area contributed by atoms with E-state index in [2.05, 4.69) is 15.2 Å². The van der Waals surface area contributed by atoms with Crippen molar-refractivity contribution in [2.75, 3.05) is 39.1 Å². The number of nitrogens with one attached hydrogen (secondary N) is 1. The van der Waals surface area contributed by atoms with Gasteiger partial charge < -0.3 is 16.0 Å². The number of fused-ring (bicyclic) bond motifs is 2. The minimum atomic E-state index is -0.231. The van der Waals surface area contributed by atoms with E-state index in [4.69, 9.17) is 17.3 Å². The van der Waals surface area contributed by atoms with Crippen LogP contribution in [0.2, 0.25) is 5.02 Å². The molecule has 0 bridgehead atoms. The number of rotatable bonds is 3. The average Bonchev–Trinajstić information content (AvgIpc) is 3.24. The second-order valence-electron chi connectivity index (χ2n) is 6.50. The molecule has 1 aliphatic heterocycles. The molecule has 1 aromatic heterocycles. The van der Waals surface area contributed by atoms with Crippen LogP contribution in [0.5, 0.6) is 0 Å². The van der Waals surface area contributed by atoms with E-state index >= 15 is 0 Å². The van der Waals surface area contributed by atoms with Gasteiger partial charge in [-0.3, -0.25) is 9.78 Å². The molecular weight excluding hydrogens is 343 g/mol. The van der Waals surface area contributed by atoms with Gasteiger partial charge >= 0.3 is 0 Å². The summed E-state index contributed by atoms with van der Waals surface area (Å²) in [4.78, 5) is 18.0. The first-order valence-electron chi connectivity index (χ1n) is 8.38. The maximum Gasteiger partial charge on any atom is 0.253 e. The predicted molar refractivity (Wildman–Crippen MR) is 98.6 cm³/mol. The summed E-state index contributed by atoms with van der Waals surface area (Å²) >= 11 is 5.96. The number of pyridine rings is 1. The number of aromatic nitrogens is 1. The van der Waals surface area contributed by atoms with Gasteiger partial charge in [-0.2, -0.15) is 0 Å². The van der Waals surface area contributed by atoms with Gasteiger partial charge in [-0.15, -0.1) is 0 Å². The highest BCUT2D eigenvalue weighted by atomic mass is 35.5. The molecule has 25 heavy (non-hydrogen) atoms. The van der Waals surface area contributed by atoms with Crippen LogP contribution in [-0.4, -0.2) is 49.1 Å². The smallest absolute Gasteiger partial charge is 0.253 e. The Balaban J connectivity index is 0.000000170. The number of carbonyl (C=O) groups excluding carboxylic acids is 1. The summed E-state index contributed by atoms with van der Waals surface area (Å²) in [5.74, 6) is 1.68. The molecule has 2 aromatic rings. The van der Waals surface area contributed by atoms with Crippen LogP contribution in [0.25, 0.3) is 10.9 Å². The van der Waals surface area contributed by atoms with Gasteiger partial charge in [-0.05, 0) is 36.5 Å². The Bertz CT molecular complexity index is 775. The largest absolute Gasteiger partial charge is 0.397 e. The molecule has 3 N–H and O–H groups in total. The molecule has 1 saturated carbocycles. The Morgan fingerprint density at radius 1 is 1.48 bits per heavy atom. The number of hydrogen-bond donors (Lipinski definition) is 2. The van der Waals surface area contributed by atoms with Crippen LogP contribution in [0.4, 0.5) is 10.1 Å². The number of carbonyl (C=O) groups is 1. The van der Waals surface area contributed by atoms with Gasteiger partial charge in [0.05, 0.1) is 21.8 Å². The third-order valence-corrected chi connectivity index (χ3v) is 5.12. The van der Waals surface area contributed by atoms with Crippen molar-refractivity contribution in [3.8, 4) is 0 Å². The molecule has 2 atom stereocenters. The summed E-state index contributed by atoms with van der Waals surface area (Å²) in [7, 11) is 1.56. The molecule has 7 heteroatoms. The maximum absolute atomic E-state index is 11.7. The molecular formula is C18H22ClFN4O. The van der Waals surface area contributed by atoms with E-state index in [0.717, 1.165) is 11.8 Å². The Morgan fingerprint density at radius 2 is 2.20 bits per heavy atom. The molecule has 1 aromatic carbocycles. The van der Waals surface area contributed by atoms with Gasteiger partial charge in [0.2, 0.25) is 0 Å². The van der Waals surface area contributed by atoms with Crippen LogP contribution in [0, 0.1) is 11.8 Å². The number of likely N-dealkylation sites (tertiary alicyclic amines) is 1. The van der Waals surface area contributed by atoms with Crippen LogP contribution in [-0.2, 0) is 0 Å². The second-order valence-corrected chi connectivity index (χ2v) is 6.91. The highest BCUT2D eigenvalue weighted by molar-refractivity contribution is 6.35. The van der Waals surface area contributed by atoms with Crippen LogP contribution >= 0.6 is 11.6 Å². The first-order chi connectivity index (χ1) is 12.0. The number of nitrogen functional groups attached to an aromatic ring is 1. The Kier molecular flexibility index (Phi) is 5.39. The number of amides is 1. The van der Waals surface area contributed by atoms with Crippen LogP contribution in [0.1, 0.15) is 16.8 Å². The van der Waals surface area contributed by atoms with Crippen molar-refractivity contribution in [3.05, 3.63) is 35.0 Å². The van der Waals surface area contributed by atoms with Crippen LogP contribution in [0.3, 0.4) is 0 Å². The van der Waals surface area contributed by atoms with Gasteiger partial charge in [-0.1, -0.05) is 11.6 Å². The van der Waals surface area contributed by atoms with Crippen molar-refractivity contribution in [3.63, 3.8) is 0 Å². The number of benzene rings is 1. The highest BCUT2D eigenvalue weighted by Crippen LogP contribution is 2.44. The van der Waals surface area contributed by atoms with E-state index in [9.17, 15) is 9.18 Å². The SMILES string of the molecule is CNC(=O)c1cc(Cl)c(N)c2cccnc12.FCCN1CC2CC2C1. The molecule has 134 valence electrons. The van der Waals surface area contributed by atoms with E-state index in [1.807, 2.05) is 0 Å². The Morgan fingerprint density at radius 3 is 2.84 bits per heavy atom. The van der Waals surface area contributed by atoms with Crippen molar-refractivity contribution in [2.24, 2.45) is 11.8 Å². The van der Waals surface area contributed by atoms with Crippen LogP contribution in [0.15, 0.2) is 24.4 Å². The number of halogens is 2. The maximum atomic E-state index is 11.7. The van der Waals surface area contributed by atoms with E-state index < -0.39 is 0 Å². The number of nitrogens with zero attached hydrogens (tertiary/aromatic N) is 2. The lowest BCUT2D eigenvalue weighted by Crippen LogP contribution is -2.24. The molecule has 5 nitrogen and oxygen atoms in total. The fourth-order valence-electron chi connectivity index (χ4n) is 3.34. The predicted octanol–water partition coefficient (Wildman–Crippen LogP) is 2.74. The van der Waals surface area contributed by atoms with Gasteiger partial charge in [0.25, 0.3) is 5.91 Å². The lowest BCUT2D eigenvalue weighted by Gasteiger charge is -2.13. The lowest BCUT2D eigenvalue weighted by molar-refractivity contribution is 0.0964. The number of anilines is 1. The average molecular weight is 365 g/mol. The standard InChI is InChI=1S/C11H10ClN3O.C7H12FN/c1-14-11(16)7-5-8(12)9(13)6-3-2-4-15-10(6)7;8-1-2-9-4-6-3-7(6)5-9/h2-5H,13H2,1H3,(H,14,16);6-7H,1-5H2. The summed E-state index contributed by atoms with van der Waals surface area (Å²) in [5.41, 5.74) is 7.25. The second kappa shape index (κ2) is 7.54. The van der Waals surface area contributed by atoms with E-state index in [1.54, 1.807) is 25.4 Å². The van der Waals surface area contributed by atoms with Gasteiger partial charge in [-0.25, -0.2) is 4.39 Å². The number of piperidine rings is 1. The molecule has 2 fully saturated rings. The van der Waals surface area contributed by atoms with E-state index in [0.29, 0.717) is 33.7 Å². The fourth-order valence-corrected chi connectivity index (χ4v) is 3.55. The van der Waals surface area contributed by atoms with Gasteiger partial charge in [0, 0.05) is 38.3 Å². The summed E-state index contributed by atoms with van der Waals surface area (Å²) in [5, 5.41) is 3.59. The molecule has 2 heterocycles. The van der Waals surface area contributed by atoms with E-state index in [1.165, 1.54) is 25.6 Å². The van der Waals surface area contributed by atoms with Crippen molar-refractivity contribution in [1.29, 1.82) is 0 Å². The zero-order valence-electron chi connectivity index (χ0n) is 14.1. The first kappa shape index (κ1) is 17.9. The van der Waals surface area contributed by atoms with E-state index in [-0.39, 0.29) is 12.6 Å². The van der Waals surface area contributed by atoms with Gasteiger partial charge in [0.1, 0.15) is 6.67 Å². The van der Waals surface area contributed by atoms with Crippen LogP contribution < -0.4 is 11.1 Å². The minimum Gasteiger partial charge on any atom is -0.397 e. The molecule has 1 amide bonds. The Labute approximate surface area is 151 Å². The number of nitrogens with two attached hydrogens (primary N) is 1. The van der Waals surface area contributed by atoms with Crippen molar-refractivity contribution in [1.82, 2.24) is 15.2 Å². The van der Waals surface area contributed by atoms with Gasteiger partial charge in [0.15, 0.2) is 0 Å². The third kappa shape index (κ3) is 3.85. The zero-order chi connectivity index (χ0) is 18.0. The fraction of sp³-hybridized carbons (Fsp3) is 0.444. The quantitative estimate of drug-likeness (QED) is 0.821. The molecule has 1 aliphatic carbocycles. The first-order valence-corrected chi connectivity index (χ1v) is 8.76. The molecule has 0 radical (unpaired) electrons. The summed E-state index contributed by atoms with van der Waals surface area (Å²) in [6.45, 7) is 2.86. The topological polar surface area (TPSA) is 71.2 Å². The molecule has 4 rings (SSSR count). The highest BCUT2D eigenvalue weighted by Gasteiger charge is 2.44. The minimum absolute atomic E-state index is 0.167. The lowest BCUT2D eigenvalue weighted by atomic mass is 10.1. The zero-order valence-corrected chi connectivity index (χ0v) is 14.9.